The van der Waals surface area contributed by atoms with Crippen LogP contribution < -0.4 is 10.6 Å². The Kier molecular flexibility index (Phi) is 4.89. The monoisotopic (exact) mass is 244 g/mol. The molecule has 98 valence electrons. The Labute approximate surface area is 100 Å². The van der Waals surface area contributed by atoms with Crippen molar-refractivity contribution in [1.82, 2.24) is 10.6 Å². The molecule has 2 atom stereocenters. The van der Waals surface area contributed by atoms with Crippen molar-refractivity contribution in [1.29, 1.82) is 0 Å². The Morgan fingerprint density at radius 3 is 2.18 bits per heavy atom. The fraction of sp³-hybridized carbons (Fsp3) is 0.818. The molecule has 0 amide bonds. The van der Waals surface area contributed by atoms with Gasteiger partial charge in [0.2, 0.25) is 0 Å². The highest BCUT2D eigenvalue weighted by Crippen LogP contribution is 2.17. The zero-order chi connectivity index (χ0) is 12.9. The van der Waals surface area contributed by atoms with Gasteiger partial charge in [0.15, 0.2) is 0 Å². The summed E-state index contributed by atoms with van der Waals surface area (Å²) in [7, 11) is 0. The zero-order valence-corrected chi connectivity index (χ0v) is 10.0. The van der Waals surface area contributed by atoms with E-state index in [0.717, 1.165) is 38.8 Å². The lowest BCUT2D eigenvalue weighted by Gasteiger charge is -2.16. The van der Waals surface area contributed by atoms with Gasteiger partial charge in [-0.1, -0.05) is 0 Å². The maximum Gasteiger partial charge on any atom is 0.323 e. The van der Waals surface area contributed by atoms with E-state index in [0.29, 0.717) is 0 Å². The predicted octanol–water partition coefficient (Wildman–Crippen LogP) is 0.0361. The first kappa shape index (κ1) is 13.9. The van der Waals surface area contributed by atoms with E-state index in [4.69, 9.17) is 10.2 Å². The summed E-state index contributed by atoms with van der Waals surface area (Å²) in [5, 5.41) is 22.8. The Hall–Kier alpha value is -1.14. The van der Waals surface area contributed by atoms with Gasteiger partial charge in [-0.2, -0.15) is 0 Å². The first-order valence-corrected chi connectivity index (χ1v) is 5.90. The fourth-order valence-electron chi connectivity index (χ4n) is 1.97. The first-order chi connectivity index (χ1) is 7.96. The van der Waals surface area contributed by atoms with Gasteiger partial charge >= 0.3 is 11.9 Å². The number of hydrogen-bond donors (Lipinski definition) is 4. The van der Waals surface area contributed by atoms with Crippen molar-refractivity contribution in [3.63, 3.8) is 0 Å². The predicted molar refractivity (Wildman–Crippen MR) is 61.9 cm³/mol. The molecule has 0 saturated carbocycles. The second-order valence-corrected chi connectivity index (χ2v) is 4.65. The van der Waals surface area contributed by atoms with E-state index in [2.05, 4.69) is 10.6 Å². The molecule has 0 aromatic carbocycles. The van der Waals surface area contributed by atoms with Gasteiger partial charge in [-0.15, -0.1) is 0 Å². The topological polar surface area (TPSA) is 98.7 Å². The first-order valence-electron chi connectivity index (χ1n) is 5.90. The number of rotatable bonds is 2. The number of carbonyl (C=O) groups is 2. The third-order valence-corrected chi connectivity index (χ3v) is 3.20. The molecular weight excluding hydrogens is 224 g/mol. The molecule has 6 heteroatoms. The van der Waals surface area contributed by atoms with Gasteiger partial charge in [0.25, 0.3) is 0 Å². The van der Waals surface area contributed by atoms with E-state index >= 15 is 0 Å². The minimum atomic E-state index is -0.736. The second kappa shape index (κ2) is 5.97. The van der Waals surface area contributed by atoms with Crippen molar-refractivity contribution < 1.29 is 19.8 Å². The van der Waals surface area contributed by atoms with E-state index in [-0.39, 0.29) is 6.04 Å². The van der Waals surface area contributed by atoms with Gasteiger partial charge in [-0.25, -0.2) is 0 Å². The van der Waals surface area contributed by atoms with Crippen LogP contribution in [0.15, 0.2) is 0 Å². The molecule has 2 rings (SSSR count). The van der Waals surface area contributed by atoms with Crippen LogP contribution >= 0.6 is 0 Å². The summed E-state index contributed by atoms with van der Waals surface area (Å²) in [5.41, 5.74) is -0.639. The van der Waals surface area contributed by atoms with Gasteiger partial charge in [0.1, 0.15) is 11.6 Å². The molecule has 0 radical (unpaired) electrons. The molecule has 17 heavy (non-hydrogen) atoms. The van der Waals surface area contributed by atoms with Crippen molar-refractivity contribution in [2.24, 2.45) is 0 Å². The van der Waals surface area contributed by atoms with Crippen LogP contribution in [-0.4, -0.2) is 46.8 Å². The van der Waals surface area contributed by atoms with Crippen LogP contribution in [0.5, 0.6) is 0 Å². The average Bonchev–Trinajstić information content (AvgIpc) is 2.88. The summed E-state index contributed by atoms with van der Waals surface area (Å²) < 4.78 is 0. The summed E-state index contributed by atoms with van der Waals surface area (Å²) in [4.78, 5) is 20.6. The molecule has 0 bridgehead atoms. The van der Waals surface area contributed by atoms with E-state index in [9.17, 15) is 9.59 Å². The normalized spacial score (nSPS) is 31.7. The van der Waals surface area contributed by atoms with Crippen LogP contribution in [-0.2, 0) is 9.59 Å². The summed E-state index contributed by atoms with van der Waals surface area (Å²) in [5.74, 6) is -1.46. The smallest absolute Gasteiger partial charge is 0.323 e. The number of aliphatic carboxylic acids is 2. The number of hydrogen-bond acceptors (Lipinski definition) is 4. The Morgan fingerprint density at radius 1 is 1.24 bits per heavy atom. The standard InChI is InChI=1S/C6H11NO2.C5H9NO2/c1-6(5(8)9)3-2-4-7-6;7-5(8)4-2-1-3-6-4/h7H,2-4H2,1H3,(H,8,9);4,6H,1-3H2,(H,7,8). The highest BCUT2D eigenvalue weighted by Gasteiger charge is 2.35. The van der Waals surface area contributed by atoms with Crippen LogP contribution in [0, 0.1) is 0 Å². The summed E-state index contributed by atoms with van der Waals surface area (Å²) in [6.07, 6.45) is 3.51. The maximum absolute atomic E-state index is 10.5. The molecule has 2 fully saturated rings. The third kappa shape index (κ3) is 3.98. The molecule has 2 saturated heterocycles. The van der Waals surface area contributed by atoms with Crippen LogP contribution in [0.3, 0.4) is 0 Å². The lowest BCUT2D eigenvalue weighted by molar-refractivity contribution is -0.143. The summed E-state index contributed by atoms with van der Waals surface area (Å²) >= 11 is 0. The summed E-state index contributed by atoms with van der Waals surface area (Å²) in [6, 6.07) is -0.269. The molecule has 2 aliphatic heterocycles. The SMILES string of the molecule is CC1(C(=O)O)CCCN1.O=C(O)C1CCCN1. The Morgan fingerprint density at radius 2 is 1.94 bits per heavy atom. The van der Waals surface area contributed by atoms with E-state index in [1.165, 1.54) is 0 Å². The lowest BCUT2D eigenvalue weighted by atomic mass is 10.0. The molecule has 2 unspecified atom stereocenters. The molecular formula is C11H20N2O4. The zero-order valence-electron chi connectivity index (χ0n) is 10.0. The number of carboxylic acid groups (broad SMARTS) is 2. The Bertz CT molecular complexity index is 281. The number of carboxylic acids is 2. The van der Waals surface area contributed by atoms with Gasteiger partial charge in [-0.05, 0) is 45.7 Å². The highest BCUT2D eigenvalue weighted by molar-refractivity contribution is 5.78. The average molecular weight is 244 g/mol. The lowest BCUT2D eigenvalue weighted by Crippen LogP contribution is -2.44. The molecule has 0 aromatic heterocycles. The van der Waals surface area contributed by atoms with Crippen molar-refractivity contribution >= 4 is 11.9 Å². The van der Waals surface area contributed by atoms with Crippen LogP contribution in [0.1, 0.15) is 32.6 Å². The van der Waals surface area contributed by atoms with Gasteiger partial charge in [0, 0.05) is 0 Å². The van der Waals surface area contributed by atoms with Gasteiger partial charge < -0.3 is 20.8 Å². The maximum atomic E-state index is 10.5. The summed E-state index contributed by atoms with van der Waals surface area (Å²) in [6.45, 7) is 3.42. The van der Waals surface area contributed by atoms with E-state index in [1.807, 2.05) is 0 Å². The molecule has 4 N–H and O–H groups in total. The van der Waals surface area contributed by atoms with Crippen molar-refractivity contribution in [2.45, 2.75) is 44.2 Å². The molecule has 0 spiro atoms. The highest BCUT2D eigenvalue weighted by atomic mass is 16.4. The minimum absolute atomic E-state index is 0.269. The van der Waals surface area contributed by atoms with Crippen molar-refractivity contribution in [3.05, 3.63) is 0 Å². The Balaban J connectivity index is 0.000000171. The fourth-order valence-corrected chi connectivity index (χ4v) is 1.97. The molecule has 0 aliphatic carbocycles. The van der Waals surface area contributed by atoms with Crippen LogP contribution in [0.4, 0.5) is 0 Å². The van der Waals surface area contributed by atoms with E-state index < -0.39 is 17.5 Å². The largest absolute Gasteiger partial charge is 0.480 e. The molecule has 2 aliphatic rings. The van der Waals surface area contributed by atoms with Gasteiger partial charge in [0.05, 0.1) is 0 Å². The van der Waals surface area contributed by atoms with Gasteiger partial charge in [-0.3, -0.25) is 9.59 Å². The molecule has 2 heterocycles. The molecule has 6 nitrogen and oxygen atoms in total. The van der Waals surface area contributed by atoms with Crippen LogP contribution in [0.2, 0.25) is 0 Å². The van der Waals surface area contributed by atoms with Crippen molar-refractivity contribution in [2.75, 3.05) is 13.1 Å². The quantitative estimate of drug-likeness (QED) is 0.547. The van der Waals surface area contributed by atoms with E-state index in [1.54, 1.807) is 6.92 Å². The minimum Gasteiger partial charge on any atom is -0.480 e. The number of nitrogens with one attached hydrogen (secondary N) is 2. The second-order valence-electron chi connectivity index (χ2n) is 4.65. The van der Waals surface area contributed by atoms with Crippen LogP contribution in [0.25, 0.3) is 0 Å². The third-order valence-electron chi connectivity index (χ3n) is 3.20. The van der Waals surface area contributed by atoms with Crippen molar-refractivity contribution in [3.8, 4) is 0 Å². The molecule has 0 aromatic rings.